The lowest BCUT2D eigenvalue weighted by Gasteiger charge is -2.22. The summed E-state index contributed by atoms with van der Waals surface area (Å²) < 4.78 is 0. The predicted octanol–water partition coefficient (Wildman–Crippen LogP) is 2.38. The zero-order valence-electron chi connectivity index (χ0n) is 13.5. The van der Waals surface area contributed by atoms with Gasteiger partial charge in [-0.1, -0.05) is 13.8 Å². The maximum atomic E-state index is 9.11. The average molecular weight is 292 g/mol. The average Bonchev–Trinajstić information content (AvgIpc) is 2.95. The van der Waals surface area contributed by atoms with Crippen LogP contribution in [-0.4, -0.2) is 41.3 Å². The van der Waals surface area contributed by atoms with Crippen molar-refractivity contribution in [3.63, 3.8) is 0 Å². The second-order valence-corrected chi connectivity index (χ2v) is 5.83. The Bertz CT molecular complexity index is 464. The first-order valence-corrected chi connectivity index (χ1v) is 8.16. The maximum absolute atomic E-state index is 9.11. The Labute approximate surface area is 127 Å². The van der Waals surface area contributed by atoms with Gasteiger partial charge in [0, 0.05) is 38.2 Å². The van der Waals surface area contributed by atoms with Crippen LogP contribution in [0, 0.1) is 12.8 Å². The summed E-state index contributed by atoms with van der Waals surface area (Å²) in [4.78, 5) is 11.7. The van der Waals surface area contributed by atoms with Crippen LogP contribution in [0.25, 0.3) is 0 Å². The van der Waals surface area contributed by atoms with E-state index in [2.05, 4.69) is 36.0 Å². The van der Waals surface area contributed by atoms with Crippen molar-refractivity contribution in [3.8, 4) is 0 Å². The van der Waals surface area contributed by atoms with Gasteiger partial charge in [-0.15, -0.1) is 0 Å². The number of anilines is 2. The van der Waals surface area contributed by atoms with E-state index in [1.807, 2.05) is 0 Å². The molecule has 1 fully saturated rings. The second-order valence-electron chi connectivity index (χ2n) is 5.83. The number of aliphatic hydroxyl groups excluding tert-OH is 1. The van der Waals surface area contributed by atoms with Crippen LogP contribution in [0.1, 0.15) is 44.5 Å². The summed E-state index contributed by atoms with van der Waals surface area (Å²) in [6.07, 6.45) is 3.97. The lowest BCUT2D eigenvalue weighted by Crippen LogP contribution is -2.24. The van der Waals surface area contributed by atoms with Crippen molar-refractivity contribution < 1.29 is 5.11 Å². The molecule has 2 heterocycles. The highest BCUT2D eigenvalue weighted by atomic mass is 16.3. The molecule has 1 atom stereocenters. The molecule has 0 saturated carbocycles. The van der Waals surface area contributed by atoms with Gasteiger partial charge in [0.2, 0.25) is 0 Å². The molecule has 1 unspecified atom stereocenters. The molecule has 1 aliphatic heterocycles. The van der Waals surface area contributed by atoms with Crippen LogP contribution in [-0.2, 0) is 6.42 Å². The van der Waals surface area contributed by atoms with Crippen LogP contribution in [0.15, 0.2) is 0 Å². The standard InChI is InChI=1S/C16H28N4O/c1-4-8-17-15-12(3)16(19-14(5-2)18-15)20-9-6-13(11-20)7-10-21/h13,21H,4-11H2,1-3H3,(H,17,18,19). The van der Waals surface area contributed by atoms with E-state index in [0.717, 1.165) is 68.3 Å². The number of rotatable bonds is 7. The summed E-state index contributed by atoms with van der Waals surface area (Å²) in [5.41, 5.74) is 1.14. The minimum absolute atomic E-state index is 0.283. The van der Waals surface area contributed by atoms with Crippen molar-refractivity contribution >= 4 is 11.6 Å². The van der Waals surface area contributed by atoms with Gasteiger partial charge in [0.15, 0.2) is 0 Å². The van der Waals surface area contributed by atoms with Crippen molar-refractivity contribution in [1.29, 1.82) is 0 Å². The summed E-state index contributed by atoms with van der Waals surface area (Å²) in [6, 6.07) is 0. The summed E-state index contributed by atoms with van der Waals surface area (Å²) in [6.45, 7) is 9.60. The SMILES string of the molecule is CCCNc1nc(CC)nc(N2CCC(CCO)C2)c1C. The van der Waals surface area contributed by atoms with E-state index in [0.29, 0.717) is 5.92 Å². The zero-order chi connectivity index (χ0) is 15.2. The third-order valence-corrected chi connectivity index (χ3v) is 4.15. The summed E-state index contributed by atoms with van der Waals surface area (Å²) >= 11 is 0. The molecule has 1 aromatic heterocycles. The molecule has 0 aliphatic carbocycles. The second kappa shape index (κ2) is 7.59. The molecule has 1 aliphatic rings. The smallest absolute Gasteiger partial charge is 0.137 e. The number of hydrogen-bond acceptors (Lipinski definition) is 5. The number of aromatic nitrogens is 2. The topological polar surface area (TPSA) is 61.3 Å². The molecule has 118 valence electrons. The fourth-order valence-corrected chi connectivity index (χ4v) is 2.87. The van der Waals surface area contributed by atoms with E-state index in [4.69, 9.17) is 10.1 Å². The number of aryl methyl sites for hydroxylation is 1. The van der Waals surface area contributed by atoms with Crippen molar-refractivity contribution in [3.05, 3.63) is 11.4 Å². The molecule has 0 amide bonds. The van der Waals surface area contributed by atoms with Gasteiger partial charge in [0.25, 0.3) is 0 Å². The Morgan fingerprint density at radius 1 is 1.33 bits per heavy atom. The molecule has 1 saturated heterocycles. The summed E-state index contributed by atoms with van der Waals surface area (Å²) in [5, 5.41) is 12.5. The van der Waals surface area contributed by atoms with Gasteiger partial charge in [-0.05, 0) is 32.1 Å². The van der Waals surface area contributed by atoms with Gasteiger partial charge in [0.05, 0.1) is 0 Å². The molecular formula is C16H28N4O. The molecule has 1 aromatic rings. The molecule has 0 bridgehead atoms. The third-order valence-electron chi connectivity index (χ3n) is 4.15. The van der Waals surface area contributed by atoms with E-state index in [-0.39, 0.29) is 6.61 Å². The van der Waals surface area contributed by atoms with E-state index < -0.39 is 0 Å². The van der Waals surface area contributed by atoms with Gasteiger partial charge in [-0.2, -0.15) is 0 Å². The highest BCUT2D eigenvalue weighted by molar-refractivity contribution is 5.59. The monoisotopic (exact) mass is 292 g/mol. The molecule has 21 heavy (non-hydrogen) atoms. The Kier molecular flexibility index (Phi) is 5.79. The van der Waals surface area contributed by atoms with Crippen LogP contribution in [0.2, 0.25) is 0 Å². The minimum atomic E-state index is 0.283. The number of nitrogens with zero attached hydrogens (tertiary/aromatic N) is 3. The number of aliphatic hydroxyl groups is 1. The first-order chi connectivity index (χ1) is 10.2. The molecule has 2 N–H and O–H groups in total. The lowest BCUT2D eigenvalue weighted by molar-refractivity contribution is 0.263. The minimum Gasteiger partial charge on any atom is -0.396 e. The van der Waals surface area contributed by atoms with Crippen LogP contribution in [0.5, 0.6) is 0 Å². The maximum Gasteiger partial charge on any atom is 0.137 e. The van der Waals surface area contributed by atoms with Crippen LogP contribution >= 0.6 is 0 Å². The first kappa shape index (κ1) is 16.0. The van der Waals surface area contributed by atoms with Gasteiger partial charge in [0.1, 0.15) is 17.5 Å². The van der Waals surface area contributed by atoms with E-state index >= 15 is 0 Å². The number of hydrogen-bond donors (Lipinski definition) is 2. The summed E-state index contributed by atoms with van der Waals surface area (Å²) in [5.74, 6) is 3.53. The fourth-order valence-electron chi connectivity index (χ4n) is 2.87. The Morgan fingerprint density at radius 3 is 2.81 bits per heavy atom. The molecule has 2 rings (SSSR count). The van der Waals surface area contributed by atoms with Gasteiger partial charge in [-0.25, -0.2) is 9.97 Å². The van der Waals surface area contributed by atoms with E-state index in [1.165, 1.54) is 0 Å². The molecule has 5 heteroatoms. The largest absolute Gasteiger partial charge is 0.396 e. The van der Waals surface area contributed by atoms with Crippen molar-refractivity contribution in [2.45, 2.75) is 46.5 Å². The quantitative estimate of drug-likeness (QED) is 0.808. The Hall–Kier alpha value is -1.36. The number of nitrogens with one attached hydrogen (secondary N) is 1. The van der Waals surface area contributed by atoms with Crippen molar-refractivity contribution in [1.82, 2.24) is 9.97 Å². The molecule has 0 spiro atoms. The van der Waals surface area contributed by atoms with Gasteiger partial charge < -0.3 is 15.3 Å². The molecular weight excluding hydrogens is 264 g/mol. The molecule has 0 radical (unpaired) electrons. The fraction of sp³-hybridized carbons (Fsp3) is 0.750. The summed E-state index contributed by atoms with van der Waals surface area (Å²) in [7, 11) is 0. The normalized spacial score (nSPS) is 18.3. The van der Waals surface area contributed by atoms with Crippen LogP contribution in [0.3, 0.4) is 0 Å². The lowest BCUT2D eigenvalue weighted by atomic mass is 10.1. The zero-order valence-corrected chi connectivity index (χ0v) is 13.5. The van der Waals surface area contributed by atoms with E-state index in [9.17, 15) is 0 Å². The first-order valence-electron chi connectivity index (χ1n) is 8.16. The van der Waals surface area contributed by atoms with E-state index in [1.54, 1.807) is 0 Å². The Morgan fingerprint density at radius 2 is 2.14 bits per heavy atom. The molecule has 5 nitrogen and oxygen atoms in total. The predicted molar refractivity (Wildman–Crippen MR) is 87.0 cm³/mol. The van der Waals surface area contributed by atoms with Gasteiger partial charge >= 0.3 is 0 Å². The molecule has 0 aromatic carbocycles. The van der Waals surface area contributed by atoms with Crippen molar-refractivity contribution in [2.75, 3.05) is 36.5 Å². The highest BCUT2D eigenvalue weighted by Crippen LogP contribution is 2.29. The van der Waals surface area contributed by atoms with Crippen LogP contribution in [0.4, 0.5) is 11.6 Å². The highest BCUT2D eigenvalue weighted by Gasteiger charge is 2.25. The third kappa shape index (κ3) is 3.84. The van der Waals surface area contributed by atoms with Crippen molar-refractivity contribution in [2.24, 2.45) is 5.92 Å². The Balaban J connectivity index is 2.21. The van der Waals surface area contributed by atoms with Crippen LogP contribution < -0.4 is 10.2 Å². The van der Waals surface area contributed by atoms with Gasteiger partial charge in [-0.3, -0.25) is 0 Å².